The summed E-state index contributed by atoms with van der Waals surface area (Å²) in [5, 5.41) is 9.41. The minimum Gasteiger partial charge on any atom is -0.368 e. The van der Waals surface area contributed by atoms with Crippen molar-refractivity contribution in [2.75, 3.05) is 0 Å². The van der Waals surface area contributed by atoms with E-state index in [1.807, 2.05) is 6.07 Å². The number of benzene rings is 3. The summed E-state index contributed by atoms with van der Waals surface area (Å²) < 4.78 is 28.3. The van der Waals surface area contributed by atoms with Gasteiger partial charge >= 0.3 is 0 Å². The van der Waals surface area contributed by atoms with Gasteiger partial charge in [0.1, 0.15) is 6.04 Å². The summed E-state index contributed by atoms with van der Waals surface area (Å²) in [7, 11) is -4.13. The number of nitrogens with zero attached hydrogens (tertiary/aromatic N) is 2. The van der Waals surface area contributed by atoms with Crippen molar-refractivity contribution in [3.63, 3.8) is 0 Å². The van der Waals surface area contributed by atoms with E-state index in [9.17, 15) is 13.2 Å². The van der Waals surface area contributed by atoms with E-state index in [1.165, 1.54) is 24.3 Å². The van der Waals surface area contributed by atoms with Crippen molar-refractivity contribution in [1.29, 1.82) is 5.26 Å². The van der Waals surface area contributed by atoms with E-state index in [0.717, 1.165) is 9.87 Å². The summed E-state index contributed by atoms with van der Waals surface area (Å²) >= 11 is 5.92. The van der Waals surface area contributed by atoms with E-state index >= 15 is 0 Å². The lowest BCUT2D eigenvalue weighted by molar-refractivity contribution is -0.122. The standard InChI is InChI=1S/C23H20ClN3O3S/c1-16-4-2-3-5-21(16)22(23(26)28)27(15-18-8-6-17(14-25)7-9-18)31(29,30)20-12-10-19(24)11-13-20/h2-13,22H,15H2,1H3,(H2,26,28). The Balaban J connectivity index is 2.16. The zero-order valence-corrected chi connectivity index (χ0v) is 18.3. The number of carbonyl (C=O) groups excluding carboxylic acids is 1. The molecule has 0 aromatic heterocycles. The number of rotatable bonds is 7. The maximum absolute atomic E-state index is 13.6. The number of sulfonamides is 1. The lowest BCUT2D eigenvalue weighted by Gasteiger charge is -2.30. The number of nitriles is 1. The largest absolute Gasteiger partial charge is 0.368 e. The van der Waals surface area contributed by atoms with Gasteiger partial charge in [0.15, 0.2) is 0 Å². The van der Waals surface area contributed by atoms with Gasteiger partial charge in [0.2, 0.25) is 15.9 Å². The highest BCUT2D eigenvalue weighted by Gasteiger charge is 2.36. The number of nitrogens with two attached hydrogens (primary N) is 1. The summed E-state index contributed by atoms with van der Waals surface area (Å²) in [6, 6.07) is 20.0. The summed E-state index contributed by atoms with van der Waals surface area (Å²) in [5.74, 6) is -0.791. The molecule has 3 rings (SSSR count). The number of amides is 1. The van der Waals surface area contributed by atoms with Crippen LogP contribution in [0, 0.1) is 18.3 Å². The predicted molar refractivity (Wildman–Crippen MR) is 118 cm³/mol. The van der Waals surface area contributed by atoms with Crippen LogP contribution < -0.4 is 5.73 Å². The smallest absolute Gasteiger partial charge is 0.244 e. The van der Waals surface area contributed by atoms with Crippen molar-refractivity contribution < 1.29 is 13.2 Å². The molecule has 0 saturated heterocycles. The topological polar surface area (TPSA) is 104 Å². The van der Waals surface area contributed by atoms with Gasteiger partial charge in [-0.1, -0.05) is 48.0 Å². The molecule has 8 heteroatoms. The molecule has 6 nitrogen and oxygen atoms in total. The molecule has 0 aliphatic heterocycles. The fourth-order valence-electron chi connectivity index (χ4n) is 3.27. The van der Waals surface area contributed by atoms with Gasteiger partial charge in [-0.25, -0.2) is 8.42 Å². The monoisotopic (exact) mass is 453 g/mol. The fourth-order valence-corrected chi connectivity index (χ4v) is 4.96. The van der Waals surface area contributed by atoms with E-state index < -0.39 is 22.0 Å². The van der Waals surface area contributed by atoms with Crippen molar-refractivity contribution in [2.24, 2.45) is 5.73 Å². The van der Waals surface area contributed by atoms with Gasteiger partial charge in [0, 0.05) is 11.6 Å². The average molecular weight is 454 g/mol. The van der Waals surface area contributed by atoms with E-state index in [2.05, 4.69) is 0 Å². The molecule has 1 atom stereocenters. The van der Waals surface area contributed by atoms with Crippen LogP contribution in [0.2, 0.25) is 5.02 Å². The Hall–Kier alpha value is -3.18. The molecular weight excluding hydrogens is 434 g/mol. The van der Waals surface area contributed by atoms with E-state index in [4.69, 9.17) is 22.6 Å². The Morgan fingerprint density at radius 1 is 1.06 bits per heavy atom. The molecule has 1 unspecified atom stereocenters. The minimum atomic E-state index is -4.13. The molecule has 3 aromatic carbocycles. The van der Waals surface area contributed by atoms with Gasteiger partial charge in [0.05, 0.1) is 16.5 Å². The van der Waals surface area contributed by atoms with Crippen LogP contribution >= 0.6 is 11.6 Å². The summed E-state index contributed by atoms with van der Waals surface area (Å²) in [5.41, 5.74) is 8.02. The van der Waals surface area contributed by atoms with Crippen LogP contribution in [-0.4, -0.2) is 18.6 Å². The van der Waals surface area contributed by atoms with E-state index in [0.29, 0.717) is 21.7 Å². The number of aryl methyl sites for hydroxylation is 1. The van der Waals surface area contributed by atoms with Gasteiger partial charge in [-0.2, -0.15) is 9.57 Å². The first-order valence-electron chi connectivity index (χ1n) is 9.35. The molecule has 0 heterocycles. The van der Waals surface area contributed by atoms with Crippen molar-refractivity contribution in [3.05, 3.63) is 100 Å². The maximum Gasteiger partial charge on any atom is 0.244 e. The highest BCUT2D eigenvalue weighted by atomic mass is 35.5. The molecule has 0 radical (unpaired) electrons. The number of hydrogen-bond acceptors (Lipinski definition) is 4. The minimum absolute atomic E-state index is 0.00891. The number of carbonyl (C=O) groups is 1. The zero-order chi connectivity index (χ0) is 22.6. The van der Waals surface area contributed by atoms with Gasteiger partial charge in [0.25, 0.3) is 0 Å². The molecule has 0 fully saturated rings. The third-order valence-electron chi connectivity index (χ3n) is 4.88. The van der Waals surface area contributed by atoms with Gasteiger partial charge in [-0.3, -0.25) is 4.79 Å². The zero-order valence-electron chi connectivity index (χ0n) is 16.7. The Morgan fingerprint density at radius 2 is 1.68 bits per heavy atom. The molecule has 0 saturated carbocycles. The number of hydrogen-bond donors (Lipinski definition) is 1. The number of primary amides is 1. The second kappa shape index (κ2) is 9.31. The Labute approximate surface area is 186 Å². The molecule has 2 N–H and O–H groups in total. The van der Waals surface area contributed by atoms with Crippen molar-refractivity contribution >= 4 is 27.5 Å². The van der Waals surface area contributed by atoms with E-state index in [1.54, 1.807) is 55.5 Å². The highest BCUT2D eigenvalue weighted by Crippen LogP contribution is 2.32. The van der Waals surface area contributed by atoms with Crippen LogP contribution in [0.1, 0.15) is 28.3 Å². The highest BCUT2D eigenvalue weighted by molar-refractivity contribution is 7.89. The Kier molecular flexibility index (Phi) is 6.76. The van der Waals surface area contributed by atoms with Gasteiger partial charge in [-0.15, -0.1) is 0 Å². The molecule has 158 valence electrons. The SMILES string of the molecule is Cc1ccccc1C(C(N)=O)N(Cc1ccc(C#N)cc1)S(=O)(=O)c1ccc(Cl)cc1. The van der Waals surface area contributed by atoms with Crippen molar-refractivity contribution in [2.45, 2.75) is 24.4 Å². The normalized spacial score (nSPS) is 12.3. The molecule has 1 amide bonds. The fraction of sp³-hybridized carbons (Fsp3) is 0.130. The van der Waals surface area contributed by atoms with Crippen LogP contribution in [0.15, 0.2) is 77.7 Å². The van der Waals surface area contributed by atoms with Crippen LogP contribution in [0.3, 0.4) is 0 Å². The predicted octanol–water partition coefficient (Wildman–Crippen LogP) is 3.94. The molecule has 0 spiro atoms. The number of halogens is 1. The molecule has 31 heavy (non-hydrogen) atoms. The Bertz CT molecular complexity index is 1230. The van der Waals surface area contributed by atoms with Crippen LogP contribution in [0.5, 0.6) is 0 Å². The summed E-state index contributed by atoms with van der Waals surface area (Å²) in [6.45, 7) is 1.68. The van der Waals surface area contributed by atoms with Gasteiger partial charge in [-0.05, 0) is 60.0 Å². The van der Waals surface area contributed by atoms with E-state index in [-0.39, 0.29) is 11.4 Å². The van der Waals surface area contributed by atoms with Crippen molar-refractivity contribution in [3.8, 4) is 6.07 Å². The summed E-state index contributed by atoms with van der Waals surface area (Å²) in [6.07, 6.45) is 0. The molecule has 0 aliphatic rings. The second-order valence-electron chi connectivity index (χ2n) is 6.97. The lowest BCUT2D eigenvalue weighted by Crippen LogP contribution is -2.41. The van der Waals surface area contributed by atoms with Crippen molar-refractivity contribution in [1.82, 2.24) is 4.31 Å². The first kappa shape index (κ1) is 22.5. The van der Waals surface area contributed by atoms with Crippen LogP contribution in [0.25, 0.3) is 0 Å². The van der Waals surface area contributed by atoms with Gasteiger partial charge < -0.3 is 5.73 Å². The lowest BCUT2D eigenvalue weighted by atomic mass is 10.0. The Morgan fingerprint density at radius 3 is 2.23 bits per heavy atom. The molecular formula is C23H20ClN3O3S. The average Bonchev–Trinajstić information content (AvgIpc) is 2.75. The second-order valence-corrected chi connectivity index (χ2v) is 9.30. The van der Waals surface area contributed by atoms with Crippen LogP contribution in [-0.2, 0) is 21.4 Å². The third kappa shape index (κ3) is 4.94. The molecule has 3 aromatic rings. The third-order valence-corrected chi connectivity index (χ3v) is 6.96. The maximum atomic E-state index is 13.6. The quantitative estimate of drug-likeness (QED) is 0.585. The molecule has 0 aliphatic carbocycles. The first-order valence-corrected chi connectivity index (χ1v) is 11.2. The van der Waals surface area contributed by atoms with Crippen LogP contribution in [0.4, 0.5) is 0 Å². The first-order chi connectivity index (χ1) is 14.7. The molecule has 0 bridgehead atoms. The summed E-state index contributed by atoms with van der Waals surface area (Å²) in [4.78, 5) is 12.6.